The Morgan fingerprint density at radius 3 is 2.50 bits per heavy atom. The molecule has 0 spiro atoms. The second-order valence-corrected chi connectivity index (χ2v) is 3.04. The van der Waals surface area contributed by atoms with E-state index in [1.165, 1.54) is 0 Å². The van der Waals surface area contributed by atoms with Crippen LogP contribution in [-0.4, -0.2) is 5.26 Å². The molecule has 3 N–H and O–H groups in total. The molecule has 3 nitrogen and oxygen atoms in total. The minimum Gasteiger partial charge on any atom is -0.398 e. The van der Waals surface area contributed by atoms with E-state index >= 15 is 0 Å². The van der Waals surface area contributed by atoms with E-state index in [0.29, 0.717) is 17.4 Å². The van der Waals surface area contributed by atoms with Gasteiger partial charge < -0.3 is 10.6 Å². The summed E-state index contributed by atoms with van der Waals surface area (Å²) in [6.45, 7) is 4.12. The SMILES string of the molecule is CC(C)c1ccc(OO)cc1N. The Hall–Kier alpha value is -1.22. The van der Waals surface area contributed by atoms with Crippen LogP contribution in [0.5, 0.6) is 5.75 Å². The van der Waals surface area contributed by atoms with Crippen molar-refractivity contribution in [2.45, 2.75) is 19.8 Å². The summed E-state index contributed by atoms with van der Waals surface area (Å²) < 4.78 is 0. The summed E-state index contributed by atoms with van der Waals surface area (Å²) in [7, 11) is 0. The molecular weight excluding hydrogens is 154 g/mol. The largest absolute Gasteiger partial charge is 0.398 e. The number of hydrogen-bond acceptors (Lipinski definition) is 3. The highest BCUT2D eigenvalue weighted by atomic mass is 17.1. The van der Waals surface area contributed by atoms with Gasteiger partial charge >= 0.3 is 0 Å². The third kappa shape index (κ3) is 1.68. The molecule has 3 heteroatoms. The van der Waals surface area contributed by atoms with Gasteiger partial charge in [0.25, 0.3) is 0 Å². The molecule has 0 bridgehead atoms. The van der Waals surface area contributed by atoms with Gasteiger partial charge in [-0.15, -0.1) is 0 Å². The Labute approximate surface area is 71.7 Å². The predicted molar refractivity (Wildman–Crippen MR) is 48.2 cm³/mol. The first-order valence-corrected chi connectivity index (χ1v) is 3.86. The minimum absolute atomic E-state index is 0.372. The van der Waals surface area contributed by atoms with E-state index in [4.69, 9.17) is 11.0 Å². The van der Waals surface area contributed by atoms with Crippen molar-refractivity contribution in [2.24, 2.45) is 0 Å². The Morgan fingerprint density at radius 2 is 2.08 bits per heavy atom. The summed E-state index contributed by atoms with van der Waals surface area (Å²) in [5, 5.41) is 8.34. The third-order valence-electron chi connectivity index (χ3n) is 1.79. The minimum atomic E-state index is 0.372. The molecule has 1 aromatic rings. The normalized spacial score (nSPS) is 10.3. The zero-order chi connectivity index (χ0) is 9.14. The first-order chi connectivity index (χ1) is 5.65. The van der Waals surface area contributed by atoms with E-state index < -0.39 is 0 Å². The van der Waals surface area contributed by atoms with Crippen LogP contribution in [0.2, 0.25) is 0 Å². The van der Waals surface area contributed by atoms with Gasteiger partial charge in [-0.2, -0.15) is 0 Å². The molecule has 0 amide bonds. The van der Waals surface area contributed by atoms with Crippen molar-refractivity contribution in [1.29, 1.82) is 0 Å². The predicted octanol–water partition coefficient (Wildman–Crippen LogP) is 2.24. The number of rotatable bonds is 2. The fourth-order valence-electron chi connectivity index (χ4n) is 1.14. The molecule has 12 heavy (non-hydrogen) atoms. The van der Waals surface area contributed by atoms with Crippen molar-refractivity contribution in [3.05, 3.63) is 23.8 Å². The molecular formula is C9H13NO2. The maximum Gasteiger partial charge on any atom is 0.167 e. The number of nitrogens with two attached hydrogens (primary N) is 1. The van der Waals surface area contributed by atoms with Gasteiger partial charge in [0.1, 0.15) is 0 Å². The van der Waals surface area contributed by atoms with Gasteiger partial charge in [0.05, 0.1) is 0 Å². The molecule has 0 aromatic heterocycles. The second kappa shape index (κ2) is 3.45. The average Bonchev–Trinajstić information content (AvgIpc) is 2.03. The van der Waals surface area contributed by atoms with E-state index in [-0.39, 0.29) is 0 Å². The van der Waals surface area contributed by atoms with Crippen molar-refractivity contribution in [3.8, 4) is 5.75 Å². The molecule has 0 saturated carbocycles. The van der Waals surface area contributed by atoms with Gasteiger partial charge in [0, 0.05) is 11.8 Å². The second-order valence-electron chi connectivity index (χ2n) is 3.04. The van der Waals surface area contributed by atoms with Crippen molar-refractivity contribution in [2.75, 3.05) is 5.73 Å². The molecule has 1 rings (SSSR count). The van der Waals surface area contributed by atoms with Crippen molar-refractivity contribution < 1.29 is 10.1 Å². The Balaban J connectivity index is 3.03. The first kappa shape index (κ1) is 8.87. The number of anilines is 1. The standard InChI is InChI=1S/C9H13NO2/c1-6(2)8-4-3-7(12-11)5-9(8)10/h3-6,11H,10H2,1-2H3. The van der Waals surface area contributed by atoms with Gasteiger partial charge in [-0.3, -0.25) is 0 Å². The lowest BCUT2D eigenvalue weighted by Crippen LogP contribution is -1.96. The summed E-state index contributed by atoms with van der Waals surface area (Å²) in [4.78, 5) is 4.05. The lowest BCUT2D eigenvalue weighted by molar-refractivity contribution is -0.137. The quantitative estimate of drug-likeness (QED) is 0.403. The lowest BCUT2D eigenvalue weighted by Gasteiger charge is -2.09. The van der Waals surface area contributed by atoms with Crippen LogP contribution in [0.3, 0.4) is 0 Å². The zero-order valence-electron chi connectivity index (χ0n) is 7.24. The van der Waals surface area contributed by atoms with Gasteiger partial charge in [0.15, 0.2) is 5.75 Å². The number of nitrogen functional groups attached to an aromatic ring is 1. The van der Waals surface area contributed by atoms with Crippen LogP contribution in [0.4, 0.5) is 5.69 Å². The molecule has 0 atom stereocenters. The molecule has 0 aliphatic carbocycles. The van der Waals surface area contributed by atoms with Crippen LogP contribution in [0, 0.1) is 0 Å². The van der Waals surface area contributed by atoms with E-state index in [2.05, 4.69) is 18.7 Å². The Kier molecular flexibility index (Phi) is 2.55. The van der Waals surface area contributed by atoms with Crippen LogP contribution < -0.4 is 10.6 Å². The van der Waals surface area contributed by atoms with Crippen molar-refractivity contribution >= 4 is 5.69 Å². The first-order valence-electron chi connectivity index (χ1n) is 3.86. The van der Waals surface area contributed by atoms with Gasteiger partial charge in [-0.25, -0.2) is 5.26 Å². The average molecular weight is 167 g/mol. The highest BCUT2D eigenvalue weighted by Crippen LogP contribution is 2.25. The van der Waals surface area contributed by atoms with E-state index in [1.54, 1.807) is 12.1 Å². The molecule has 1 aromatic carbocycles. The molecule has 66 valence electrons. The summed E-state index contributed by atoms with van der Waals surface area (Å²) in [5.41, 5.74) is 7.42. The third-order valence-corrected chi connectivity index (χ3v) is 1.79. The molecule has 0 heterocycles. The van der Waals surface area contributed by atoms with E-state index in [0.717, 1.165) is 5.56 Å². The highest BCUT2D eigenvalue weighted by Gasteiger charge is 2.04. The maximum atomic E-state index is 8.34. The number of benzene rings is 1. The number of hydrogen-bond donors (Lipinski definition) is 2. The van der Waals surface area contributed by atoms with Crippen LogP contribution in [0.15, 0.2) is 18.2 Å². The lowest BCUT2D eigenvalue weighted by atomic mass is 10.0. The van der Waals surface area contributed by atoms with Gasteiger partial charge in [-0.1, -0.05) is 19.9 Å². The Bertz CT molecular complexity index is 271. The topological polar surface area (TPSA) is 55.5 Å². The molecule has 0 fully saturated rings. The molecule has 0 aliphatic heterocycles. The smallest absolute Gasteiger partial charge is 0.167 e. The van der Waals surface area contributed by atoms with Crippen LogP contribution in [-0.2, 0) is 0 Å². The van der Waals surface area contributed by atoms with E-state index in [9.17, 15) is 0 Å². The summed E-state index contributed by atoms with van der Waals surface area (Å²) in [6, 6.07) is 5.15. The maximum absolute atomic E-state index is 8.34. The summed E-state index contributed by atoms with van der Waals surface area (Å²) >= 11 is 0. The fraction of sp³-hybridized carbons (Fsp3) is 0.333. The van der Waals surface area contributed by atoms with Crippen molar-refractivity contribution in [3.63, 3.8) is 0 Å². The van der Waals surface area contributed by atoms with Gasteiger partial charge in [-0.05, 0) is 17.5 Å². The van der Waals surface area contributed by atoms with Crippen molar-refractivity contribution in [1.82, 2.24) is 0 Å². The fourth-order valence-corrected chi connectivity index (χ4v) is 1.14. The van der Waals surface area contributed by atoms with Crippen LogP contribution >= 0.6 is 0 Å². The summed E-state index contributed by atoms with van der Waals surface area (Å²) in [5.74, 6) is 0.759. The van der Waals surface area contributed by atoms with E-state index in [1.807, 2.05) is 6.07 Å². The molecule has 0 radical (unpaired) electrons. The molecule has 0 saturated heterocycles. The Morgan fingerprint density at radius 1 is 1.42 bits per heavy atom. The summed E-state index contributed by atoms with van der Waals surface area (Å²) in [6.07, 6.45) is 0. The van der Waals surface area contributed by atoms with Gasteiger partial charge in [0.2, 0.25) is 0 Å². The highest BCUT2D eigenvalue weighted by molar-refractivity contribution is 5.52. The van der Waals surface area contributed by atoms with Crippen LogP contribution in [0.1, 0.15) is 25.3 Å². The molecule has 0 aliphatic rings. The monoisotopic (exact) mass is 167 g/mol. The molecule has 0 unspecified atom stereocenters. The van der Waals surface area contributed by atoms with Crippen LogP contribution in [0.25, 0.3) is 0 Å². The zero-order valence-corrected chi connectivity index (χ0v) is 7.24.